The molecule has 0 bridgehead atoms. The minimum Gasteiger partial charge on any atom is -0.288 e. The molecule has 0 radical (unpaired) electrons. The van der Waals surface area contributed by atoms with Crippen LogP contribution in [0.1, 0.15) is 15.9 Å². The van der Waals surface area contributed by atoms with Crippen molar-refractivity contribution < 1.29 is 10.0 Å². The monoisotopic (exact) mass is 277 g/mol. The summed E-state index contributed by atoms with van der Waals surface area (Å²) in [4.78, 5) is 11.0. The van der Waals surface area contributed by atoms with Crippen LogP contribution in [0.3, 0.4) is 0 Å². The Balaban J connectivity index is 3.16. The molecule has 1 rings (SSSR count). The van der Waals surface area contributed by atoms with Crippen molar-refractivity contribution in [1.29, 1.82) is 0 Å². The number of halogens is 1. The van der Waals surface area contributed by atoms with Gasteiger partial charge in [-0.15, -0.1) is 0 Å². The number of amides is 1. The second kappa shape index (κ2) is 3.86. The van der Waals surface area contributed by atoms with Crippen LogP contribution in [0.2, 0.25) is 0 Å². The van der Waals surface area contributed by atoms with Crippen LogP contribution < -0.4 is 5.48 Å². The summed E-state index contributed by atoms with van der Waals surface area (Å²) >= 11 is 2.14. The van der Waals surface area contributed by atoms with Crippen LogP contribution in [0.5, 0.6) is 0 Å². The van der Waals surface area contributed by atoms with Gasteiger partial charge in [0, 0.05) is 9.13 Å². The van der Waals surface area contributed by atoms with E-state index in [2.05, 4.69) is 22.6 Å². The summed E-state index contributed by atoms with van der Waals surface area (Å²) in [6.45, 7) is 1.84. The van der Waals surface area contributed by atoms with E-state index in [1.54, 1.807) is 17.6 Å². The first-order valence-corrected chi connectivity index (χ1v) is 4.44. The van der Waals surface area contributed by atoms with Crippen LogP contribution in [-0.2, 0) is 0 Å². The molecule has 1 amide bonds. The summed E-state index contributed by atoms with van der Waals surface area (Å²) in [5.41, 5.74) is 2.99. The van der Waals surface area contributed by atoms with E-state index in [0.29, 0.717) is 5.56 Å². The van der Waals surface area contributed by atoms with Gasteiger partial charge >= 0.3 is 0 Å². The number of hydrogen-bond donors (Lipinski definition) is 2. The predicted octanol–water partition coefficient (Wildman–Crippen LogP) is 1.72. The molecule has 0 unspecified atom stereocenters. The molecule has 64 valence electrons. The smallest absolute Gasteiger partial charge is 0.274 e. The van der Waals surface area contributed by atoms with E-state index < -0.39 is 5.91 Å². The van der Waals surface area contributed by atoms with E-state index in [4.69, 9.17) is 5.21 Å². The van der Waals surface area contributed by atoms with Gasteiger partial charge in [-0.3, -0.25) is 10.0 Å². The Morgan fingerprint density at radius 2 is 2.25 bits per heavy atom. The maximum absolute atomic E-state index is 11.0. The van der Waals surface area contributed by atoms with Crippen molar-refractivity contribution in [1.82, 2.24) is 5.48 Å². The van der Waals surface area contributed by atoms with Gasteiger partial charge in [-0.05, 0) is 47.2 Å². The molecular formula is C8H8INO2. The zero-order chi connectivity index (χ0) is 9.14. The third-order valence-corrected chi connectivity index (χ3v) is 2.78. The zero-order valence-corrected chi connectivity index (χ0v) is 8.62. The molecule has 0 aliphatic heterocycles. The van der Waals surface area contributed by atoms with Crippen molar-refractivity contribution in [3.63, 3.8) is 0 Å². The van der Waals surface area contributed by atoms with Crippen LogP contribution in [0.15, 0.2) is 18.2 Å². The van der Waals surface area contributed by atoms with Crippen LogP contribution in [0.4, 0.5) is 0 Å². The molecule has 2 N–H and O–H groups in total. The zero-order valence-electron chi connectivity index (χ0n) is 6.47. The summed E-state index contributed by atoms with van der Waals surface area (Å²) in [5.74, 6) is -0.467. The lowest BCUT2D eigenvalue weighted by molar-refractivity contribution is 0.0705. The highest BCUT2D eigenvalue weighted by atomic mass is 127. The maximum atomic E-state index is 11.0. The molecular weight excluding hydrogens is 269 g/mol. The third-order valence-electron chi connectivity index (χ3n) is 1.61. The van der Waals surface area contributed by atoms with Crippen molar-refractivity contribution in [2.75, 3.05) is 0 Å². The standard InChI is InChI=1S/C8H8INO2/c1-5-6(8(11)10-12)3-2-4-7(5)9/h2-4,12H,1H3,(H,10,11). The fourth-order valence-electron chi connectivity index (χ4n) is 0.914. The van der Waals surface area contributed by atoms with Crippen molar-refractivity contribution in [3.05, 3.63) is 32.9 Å². The van der Waals surface area contributed by atoms with Gasteiger partial charge in [0.25, 0.3) is 5.91 Å². The minimum absolute atomic E-state index is 0.467. The molecule has 4 heteroatoms. The molecule has 0 aromatic heterocycles. The van der Waals surface area contributed by atoms with E-state index >= 15 is 0 Å². The Morgan fingerprint density at radius 1 is 1.58 bits per heavy atom. The van der Waals surface area contributed by atoms with E-state index in [-0.39, 0.29) is 0 Å². The Bertz CT molecular complexity index is 312. The first kappa shape index (κ1) is 9.47. The van der Waals surface area contributed by atoms with E-state index in [1.165, 1.54) is 0 Å². The highest BCUT2D eigenvalue weighted by molar-refractivity contribution is 14.1. The minimum atomic E-state index is -0.467. The average Bonchev–Trinajstić information content (AvgIpc) is 2.08. The molecule has 1 aromatic rings. The van der Waals surface area contributed by atoms with Crippen molar-refractivity contribution in [3.8, 4) is 0 Å². The number of carbonyl (C=O) groups is 1. The highest BCUT2D eigenvalue weighted by Crippen LogP contribution is 2.15. The van der Waals surface area contributed by atoms with Gasteiger partial charge in [-0.1, -0.05) is 6.07 Å². The number of rotatable bonds is 1. The fourth-order valence-corrected chi connectivity index (χ4v) is 1.41. The van der Waals surface area contributed by atoms with Gasteiger partial charge in [0.2, 0.25) is 0 Å². The van der Waals surface area contributed by atoms with Crippen molar-refractivity contribution in [2.24, 2.45) is 0 Å². The van der Waals surface area contributed by atoms with Crippen LogP contribution in [0, 0.1) is 10.5 Å². The SMILES string of the molecule is Cc1c(I)cccc1C(=O)NO. The average molecular weight is 277 g/mol. The third kappa shape index (κ3) is 1.75. The molecule has 0 saturated carbocycles. The molecule has 0 spiro atoms. The summed E-state index contributed by atoms with van der Waals surface area (Å²) in [7, 11) is 0. The van der Waals surface area contributed by atoms with Gasteiger partial charge in [-0.2, -0.15) is 0 Å². The lowest BCUT2D eigenvalue weighted by Gasteiger charge is -2.04. The van der Waals surface area contributed by atoms with Crippen LogP contribution in [0.25, 0.3) is 0 Å². The summed E-state index contributed by atoms with van der Waals surface area (Å²) in [6, 6.07) is 5.35. The topological polar surface area (TPSA) is 49.3 Å². The van der Waals surface area contributed by atoms with E-state index in [0.717, 1.165) is 9.13 Å². The summed E-state index contributed by atoms with van der Waals surface area (Å²) < 4.78 is 1.01. The van der Waals surface area contributed by atoms with Gasteiger partial charge in [0.1, 0.15) is 0 Å². The molecule has 0 fully saturated rings. The molecule has 0 saturated heterocycles. The Hall–Kier alpha value is -0.620. The van der Waals surface area contributed by atoms with Crippen molar-refractivity contribution in [2.45, 2.75) is 6.92 Å². The first-order chi connectivity index (χ1) is 5.66. The maximum Gasteiger partial charge on any atom is 0.274 e. The Labute approximate surface area is 83.9 Å². The van der Waals surface area contributed by atoms with E-state index in [1.807, 2.05) is 13.0 Å². The molecule has 0 aliphatic carbocycles. The second-order valence-corrected chi connectivity index (χ2v) is 3.52. The van der Waals surface area contributed by atoms with Gasteiger partial charge < -0.3 is 0 Å². The van der Waals surface area contributed by atoms with E-state index in [9.17, 15) is 4.79 Å². The second-order valence-electron chi connectivity index (χ2n) is 2.35. The normalized spacial score (nSPS) is 9.58. The number of carbonyl (C=O) groups excluding carboxylic acids is 1. The first-order valence-electron chi connectivity index (χ1n) is 3.36. The Morgan fingerprint density at radius 3 is 2.83 bits per heavy atom. The number of hydrogen-bond acceptors (Lipinski definition) is 2. The van der Waals surface area contributed by atoms with Gasteiger partial charge in [-0.25, -0.2) is 5.48 Å². The van der Waals surface area contributed by atoms with Crippen LogP contribution >= 0.6 is 22.6 Å². The molecule has 3 nitrogen and oxygen atoms in total. The molecule has 1 aromatic carbocycles. The lowest BCUT2D eigenvalue weighted by Crippen LogP contribution is -2.19. The van der Waals surface area contributed by atoms with Gasteiger partial charge in [0.05, 0.1) is 0 Å². The molecule has 12 heavy (non-hydrogen) atoms. The quantitative estimate of drug-likeness (QED) is 0.466. The number of benzene rings is 1. The molecule has 0 heterocycles. The number of hydroxylamine groups is 1. The lowest BCUT2D eigenvalue weighted by atomic mass is 10.1. The molecule has 0 atom stereocenters. The predicted molar refractivity (Wildman–Crippen MR) is 53.1 cm³/mol. The largest absolute Gasteiger partial charge is 0.288 e. The summed E-state index contributed by atoms with van der Waals surface area (Å²) in [5, 5.41) is 8.40. The Kier molecular flexibility index (Phi) is 3.05. The number of nitrogens with one attached hydrogen (secondary N) is 1. The fraction of sp³-hybridized carbons (Fsp3) is 0.125. The van der Waals surface area contributed by atoms with Crippen LogP contribution in [-0.4, -0.2) is 11.1 Å². The van der Waals surface area contributed by atoms with Gasteiger partial charge in [0.15, 0.2) is 0 Å². The summed E-state index contributed by atoms with van der Waals surface area (Å²) in [6.07, 6.45) is 0. The highest BCUT2D eigenvalue weighted by Gasteiger charge is 2.08. The van der Waals surface area contributed by atoms with Crippen molar-refractivity contribution >= 4 is 28.5 Å². The molecule has 0 aliphatic rings.